The summed E-state index contributed by atoms with van der Waals surface area (Å²) in [6.45, 7) is 5.76. The maximum absolute atomic E-state index is 12.5. The van der Waals surface area contributed by atoms with Crippen LogP contribution in [0.2, 0.25) is 0 Å². The molecule has 3 rings (SSSR count). The van der Waals surface area contributed by atoms with Crippen LogP contribution >= 0.6 is 11.3 Å². The van der Waals surface area contributed by atoms with Crippen LogP contribution in [0, 0.1) is 0 Å². The standard InChI is InChI=1S/C18H22N2OS/c1-18(2,16-8-5-9-22-16)12-20-17(21)15-10-13-6-3-4-7-14(13)11-19-15/h3-9,15,19H,10-12H2,1-2H3,(H,20,21). The van der Waals surface area contributed by atoms with E-state index < -0.39 is 0 Å². The lowest BCUT2D eigenvalue weighted by Crippen LogP contribution is -2.49. The molecule has 2 N–H and O–H groups in total. The van der Waals surface area contributed by atoms with Gasteiger partial charge in [-0.25, -0.2) is 0 Å². The van der Waals surface area contributed by atoms with Crippen LogP contribution in [0.1, 0.15) is 29.9 Å². The van der Waals surface area contributed by atoms with Crippen molar-refractivity contribution < 1.29 is 4.79 Å². The van der Waals surface area contributed by atoms with Gasteiger partial charge in [-0.15, -0.1) is 11.3 Å². The molecule has 22 heavy (non-hydrogen) atoms. The zero-order valence-electron chi connectivity index (χ0n) is 13.1. The second-order valence-electron chi connectivity index (χ2n) is 6.49. The number of carbonyl (C=O) groups is 1. The molecule has 116 valence electrons. The average molecular weight is 314 g/mol. The molecule has 1 aliphatic rings. The molecule has 0 fully saturated rings. The first-order valence-electron chi connectivity index (χ1n) is 7.68. The van der Waals surface area contributed by atoms with Crippen molar-refractivity contribution in [3.8, 4) is 0 Å². The molecular formula is C18H22N2OS. The van der Waals surface area contributed by atoms with Crippen LogP contribution in [0.25, 0.3) is 0 Å². The van der Waals surface area contributed by atoms with Crippen LogP contribution < -0.4 is 10.6 Å². The Morgan fingerprint density at radius 1 is 1.27 bits per heavy atom. The molecule has 1 atom stereocenters. The largest absolute Gasteiger partial charge is 0.354 e. The van der Waals surface area contributed by atoms with Gasteiger partial charge in [0.05, 0.1) is 6.04 Å². The third-order valence-electron chi connectivity index (χ3n) is 4.29. The van der Waals surface area contributed by atoms with Gasteiger partial charge >= 0.3 is 0 Å². The molecule has 0 radical (unpaired) electrons. The van der Waals surface area contributed by atoms with Gasteiger partial charge < -0.3 is 10.6 Å². The van der Waals surface area contributed by atoms with Gasteiger partial charge in [0.1, 0.15) is 0 Å². The fourth-order valence-electron chi connectivity index (χ4n) is 2.82. The lowest BCUT2D eigenvalue weighted by atomic mass is 9.91. The van der Waals surface area contributed by atoms with E-state index in [2.05, 4.69) is 54.1 Å². The van der Waals surface area contributed by atoms with E-state index in [4.69, 9.17) is 0 Å². The Bertz CT molecular complexity index is 649. The van der Waals surface area contributed by atoms with Gasteiger partial charge in [0.15, 0.2) is 0 Å². The number of fused-ring (bicyclic) bond motifs is 1. The number of hydrogen-bond acceptors (Lipinski definition) is 3. The van der Waals surface area contributed by atoms with Crippen LogP contribution in [0.5, 0.6) is 0 Å². The van der Waals surface area contributed by atoms with Crippen LogP contribution in [-0.4, -0.2) is 18.5 Å². The molecule has 2 heterocycles. The van der Waals surface area contributed by atoms with Gasteiger partial charge in [-0.3, -0.25) is 4.79 Å². The van der Waals surface area contributed by atoms with Gasteiger partial charge in [0.25, 0.3) is 0 Å². The summed E-state index contributed by atoms with van der Waals surface area (Å²) in [6.07, 6.45) is 0.765. The van der Waals surface area contributed by atoms with E-state index in [1.54, 1.807) is 11.3 Å². The molecule has 1 unspecified atom stereocenters. The van der Waals surface area contributed by atoms with Crippen LogP contribution in [-0.2, 0) is 23.2 Å². The highest BCUT2D eigenvalue weighted by Gasteiger charge is 2.27. The molecule has 1 aromatic carbocycles. The third-order valence-corrected chi connectivity index (χ3v) is 5.53. The second-order valence-corrected chi connectivity index (χ2v) is 7.43. The molecule has 1 aliphatic heterocycles. The number of nitrogens with one attached hydrogen (secondary N) is 2. The molecule has 0 spiro atoms. The van der Waals surface area contributed by atoms with E-state index in [0.29, 0.717) is 6.54 Å². The summed E-state index contributed by atoms with van der Waals surface area (Å²) in [4.78, 5) is 13.8. The van der Waals surface area contributed by atoms with Crippen molar-refractivity contribution in [1.29, 1.82) is 0 Å². The molecule has 2 aromatic rings. The quantitative estimate of drug-likeness (QED) is 0.911. The Morgan fingerprint density at radius 3 is 2.77 bits per heavy atom. The van der Waals surface area contributed by atoms with Crippen molar-refractivity contribution in [3.63, 3.8) is 0 Å². The summed E-state index contributed by atoms with van der Waals surface area (Å²) >= 11 is 1.74. The third kappa shape index (κ3) is 3.23. The van der Waals surface area contributed by atoms with Crippen molar-refractivity contribution >= 4 is 17.2 Å². The van der Waals surface area contributed by atoms with E-state index in [1.807, 2.05) is 12.1 Å². The predicted octanol–water partition coefficient (Wildman–Crippen LogP) is 2.86. The molecule has 3 nitrogen and oxygen atoms in total. The molecule has 0 aliphatic carbocycles. The van der Waals surface area contributed by atoms with Crippen molar-refractivity contribution in [3.05, 3.63) is 57.8 Å². The highest BCUT2D eigenvalue weighted by molar-refractivity contribution is 7.10. The van der Waals surface area contributed by atoms with Crippen LogP contribution in [0.15, 0.2) is 41.8 Å². The lowest BCUT2D eigenvalue weighted by Gasteiger charge is -2.28. The number of amides is 1. The number of benzene rings is 1. The first kappa shape index (κ1) is 15.3. The summed E-state index contributed by atoms with van der Waals surface area (Å²) in [5.41, 5.74) is 2.54. The maximum Gasteiger partial charge on any atom is 0.237 e. The predicted molar refractivity (Wildman–Crippen MR) is 91.1 cm³/mol. The lowest BCUT2D eigenvalue weighted by molar-refractivity contribution is -0.123. The fourth-order valence-corrected chi connectivity index (χ4v) is 3.67. The van der Waals surface area contributed by atoms with Crippen molar-refractivity contribution in [1.82, 2.24) is 10.6 Å². The van der Waals surface area contributed by atoms with Gasteiger partial charge in [-0.05, 0) is 29.0 Å². The van der Waals surface area contributed by atoms with Crippen molar-refractivity contribution in [2.24, 2.45) is 0 Å². The molecule has 1 aromatic heterocycles. The zero-order chi connectivity index (χ0) is 15.6. The SMILES string of the molecule is CC(C)(CNC(=O)C1Cc2ccccc2CN1)c1cccs1. The zero-order valence-corrected chi connectivity index (χ0v) is 13.9. The smallest absolute Gasteiger partial charge is 0.237 e. The summed E-state index contributed by atoms with van der Waals surface area (Å²) in [7, 11) is 0. The Labute approximate surface area is 135 Å². The van der Waals surface area contributed by atoms with E-state index in [-0.39, 0.29) is 17.4 Å². The average Bonchev–Trinajstić information content (AvgIpc) is 3.07. The van der Waals surface area contributed by atoms with E-state index >= 15 is 0 Å². The highest BCUT2D eigenvalue weighted by Crippen LogP contribution is 2.26. The first-order chi connectivity index (χ1) is 10.6. The Kier molecular flexibility index (Phi) is 4.32. The van der Waals surface area contributed by atoms with Crippen LogP contribution in [0.4, 0.5) is 0 Å². The Morgan fingerprint density at radius 2 is 2.05 bits per heavy atom. The fraction of sp³-hybridized carbons (Fsp3) is 0.389. The van der Waals surface area contributed by atoms with Crippen LogP contribution in [0.3, 0.4) is 0 Å². The van der Waals surface area contributed by atoms with Gasteiger partial charge in [0, 0.05) is 23.4 Å². The number of thiophene rings is 1. The molecule has 0 saturated heterocycles. The molecule has 0 bridgehead atoms. The van der Waals surface area contributed by atoms with Gasteiger partial charge in [-0.1, -0.05) is 44.2 Å². The van der Waals surface area contributed by atoms with Crippen molar-refractivity contribution in [2.75, 3.05) is 6.54 Å². The summed E-state index contributed by atoms with van der Waals surface area (Å²) in [5, 5.41) is 8.54. The molecular weight excluding hydrogens is 292 g/mol. The van der Waals surface area contributed by atoms with Gasteiger partial charge in [-0.2, -0.15) is 0 Å². The molecule has 0 saturated carbocycles. The Hall–Kier alpha value is -1.65. The highest BCUT2D eigenvalue weighted by atomic mass is 32.1. The summed E-state index contributed by atoms with van der Waals surface area (Å²) in [6, 6.07) is 12.4. The number of carbonyl (C=O) groups excluding carboxylic acids is 1. The minimum Gasteiger partial charge on any atom is -0.354 e. The normalized spacial score (nSPS) is 17.8. The second kappa shape index (κ2) is 6.23. The first-order valence-corrected chi connectivity index (χ1v) is 8.56. The maximum atomic E-state index is 12.5. The molecule has 1 amide bonds. The number of rotatable bonds is 4. The van der Waals surface area contributed by atoms with Crippen molar-refractivity contribution in [2.45, 2.75) is 38.3 Å². The minimum atomic E-state index is -0.131. The number of hydrogen-bond donors (Lipinski definition) is 2. The summed E-state index contributed by atoms with van der Waals surface area (Å²) in [5.74, 6) is 0.0964. The summed E-state index contributed by atoms with van der Waals surface area (Å²) < 4.78 is 0. The monoisotopic (exact) mass is 314 g/mol. The van der Waals surface area contributed by atoms with E-state index in [1.165, 1.54) is 16.0 Å². The minimum absolute atomic E-state index is 0.0313. The molecule has 4 heteroatoms. The van der Waals surface area contributed by atoms with E-state index in [0.717, 1.165) is 13.0 Å². The topological polar surface area (TPSA) is 41.1 Å². The van der Waals surface area contributed by atoms with Gasteiger partial charge in [0.2, 0.25) is 5.91 Å². The Balaban J connectivity index is 1.59. The van der Waals surface area contributed by atoms with E-state index in [9.17, 15) is 4.79 Å².